The van der Waals surface area contributed by atoms with E-state index in [4.69, 9.17) is 13.9 Å². The van der Waals surface area contributed by atoms with Crippen LogP contribution in [0.3, 0.4) is 0 Å². The summed E-state index contributed by atoms with van der Waals surface area (Å²) < 4.78 is 16.9. The third-order valence-corrected chi connectivity index (χ3v) is 5.96. The van der Waals surface area contributed by atoms with E-state index in [0.29, 0.717) is 17.1 Å². The van der Waals surface area contributed by atoms with Gasteiger partial charge in [0, 0.05) is 13.1 Å². The van der Waals surface area contributed by atoms with Gasteiger partial charge in [-0.1, -0.05) is 19.3 Å². The van der Waals surface area contributed by atoms with Gasteiger partial charge in [-0.3, -0.25) is 4.98 Å². The van der Waals surface area contributed by atoms with Crippen molar-refractivity contribution in [2.75, 3.05) is 7.05 Å². The maximum Gasteiger partial charge on any atom is 0.410 e. The van der Waals surface area contributed by atoms with Crippen LogP contribution in [0.25, 0.3) is 11.4 Å². The van der Waals surface area contributed by atoms with Gasteiger partial charge in [-0.25, -0.2) is 9.78 Å². The second kappa shape index (κ2) is 9.29. The van der Waals surface area contributed by atoms with Crippen LogP contribution in [0.1, 0.15) is 63.5 Å². The fourth-order valence-electron chi connectivity index (χ4n) is 4.22. The summed E-state index contributed by atoms with van der Waals surface area (Å²) >= 11 is 0. The first-order chi connectivity index (χ1) is 14.2. The largest absolute Gasteiger partial charge is 0.489 e. The van der Waals surface area contributed by atoms with Crippen molar-refractivity contribution in [3.05, 3.63) is 30.5 Å². The molecular weight excluding hydrogens is 370 g/mol. The Hall–Kier alpha value is -2.57. The van der Waals surface area contributed by atoms with Crippen LogP contribution in [0, 0.1) is 0 Å². The molecule has 0 radical (unpaired) electrons. The van der Waals surface area contributed by atoms with Crippen molar-refractivity contribution in [3.63, 3.8) is 0 Å². The molecule has 0 N–H and O–H groups in total. The van der Waals surface area contributed by atoms with Crippen LogP contribution >= 0.6 is 0 Å². The molecule has 156 valence electrons. The van der Waals surface area contributed by atoms with E-state index in [9.17, 15) is 4.79 Å². The van der Waals surface area contributed by atoms with E-state index in [1.807, 2.05) is 12.1 Å². The van der Waals surface area contributed by atoms with Gasteiger partial charge in [-0.05, 0) is 50.7 Å². The molecule has 0 bridgehead atoms. The first-order valence-electron chi connectivity index (χ1n) is 10.7. The van der Waals surface area contributed by atoms with Gasteiger partial charge in [0.2, 0.25) is 0 Å². The van der Waals surface area contributed by atoms with Crippen molar-refractivity contribution < 1.29 is 18.7 Å². The fourth-order valence-corrected chi connectivity index (χ4v) is 4.22. The van der Waals surface area contributed by atoms with Crippen molar-refractivity contribution >= 4 is 6.09 Å². The van der Waals surface area contributed by atoms with E-state index in [1.165, 1.54) is 38.5 Å². The molecule has 2 aliphatic carbocycles. The summed E-state index contributed by atoms with van der Waals surface area (Å²) in [6, 6.07) is 4.05. The highest BCUT2D eigenvalue weighted by molar-refractivity contribution is 5.68. The number of aromatic nitrogens is 2. The zero-order valence-electron chi connectivity index (χ0n) is 17.0. The zero-order chi connectivity index (χ0) is 20.1. The van der Waals surface area contributed by atoms with Crippen LogP contribution in [0.2, 0.25) is 0 Å². The maximum absolute atomic E-state index is 12.3. The molecule has 7 nitrogen and oxygen atoms in total. The highest BCUT2D eigenvalue weighted by Gasteiger charge is 2.25. The van der Waals surface area contributed by atoms with Crippen LogP contribution in [0.5, 0.6) is 5.75 Å². The number of nitrogens with zero attached hydrogens (tertiary/aromatic N) is 3. The Morgan fingerprint density at radius 1 is 1.10 bits per heavy atom. The molecule has 2 saturated carbocycles. The van der Waals surface area contributed by atoms with Crippen LogP contribution in [0.15, 0.2) is 29.1 Å². The first-order valence-corrected chi connectivity index (χ1v) is 10.7. The number of amides is 1. The van der Waals surface area contributed by atoms with E-state index in [-0.39, 0.29) is 24.8 Å². The molecule has 1 amide bonds. The molecule has 2 aromatic rings. The summed E-state index contributed by atoms with van der Waals surface area (Å²) in [5.74, 6) is 1.27. The van der Waals surface area contributed by atoms with E-state index >= 15 is 0 Å². The summed E-state index contributed by atoms with van der Waals surface area (Å²) in [5.41, 5.74) is 1.26. The summed E-state index contributed by atoms with van der Waals surface area (Å²) in [6.45, 7) is 0.0350. The second-order valence-electron chi connectivity index (χ2n) is 7.98. The Morgan fingerprint density at radius 2 is 1.86 bits per heavy atom. The van der Waals surface area contributed by atoms with Gasteiger partial charge in [-0.2, -0.15) is 0 Å². The predicted molar refractivity (Wildman–Crippen MR) is 107 cm³/mol. The van der Waals surface area contributed by atoms with Gasteiger partial charge in [0.25, 0.3) is 0 Å². The average Bonchev–Trinajstić information content (AvgIpc) is 3.45. The van der Waals surface area contributed by atoms with Crippen molar-refractivity contribution in [2.45, 2.75) is 76.5 Å². The molecule has 4 rings (SSSR count). The Morgan fingerprint density at radius 3 is 2.59 bits per heavy atom. The number of pyridine rings is 1. The summed E-state index contributed by atoms with van der Waals surface area (Å²) in [4.78, 5) is 22.7. The van der Waals surface area contributed by atoms with E-state index in [0.717, 1.165) is 31.4 Å². The lowest BCUT2D eigenvalue weighted by atomic mass is 9.98. The summed E-state index contributed by atoms with van der Waals surface area (Å²) in [6.07, 6.45) is 13.4. The Labute approximate surface area is 171 Å². The van der Waals surface area contributed by atoms with Crippen molar-refractivity contribution in [3.8, 4) is 17.1 Å². The molecule has 7 heteroatoms. The quantitative estimate of drug-likeness (QED) is 0.683. The lowest BCUT2D eigenvalue weighted by Gasteiger charge is -2.23. The minimum Gasteiger partial charge on any atom is -0.489 e. The lowest BCUT2D eigenvalue weighted by molar-refractivity contribution is 0.0860. The second-order valence-corrected chi connectivity index (χ2v) is 7.98. The number of hydrogen-bond acceptors (Lipinski definition) is 6. The smallest absolute Gasteiger partial charge is 0.410 e. The topological polar surface area (TPSA) is 77.7 Å². The van der Waals surface area contributed by atoms with Crippen LogP contribution in [-0.4, -0.2) is 40.2 Å². The number of rotatable bonds is 6. The standard InChI is InChI=1S/C22H29N3O4/c1-25(16-7-5-6-8-16)22(26)27-14-20-21(24-15-28-20)19-12-11-18(13-23-19)29-17-9-3-2-4-10-17/h11-13,15-17H,2-10,14H2,1H3. The average molecular weight is 399 g/mol. The molecule has 2 heterocycles. The molecule has 0 saturated heterocycles. The number of oxazole rings is 1. The molecule has 2 aliphatic rings. The van der Waals surface area contributed by atoms with Gasteiger partial charge in [0.05, 0.1) is 18.0 Å². The molecule has 2 aromatic heterocycles. The van der Waals surface area contributed by atoms with Crippen LogP contribution in [0.4, 0.5) is 4.79 Å². The molecule has 0 atom stereocenters. The SMILES string of the molecule is CN(C(=O)OCc1ocnc1-c1ccc(OC2CCCCC2)cn1)C1CCCC1. The molecule has 0 spiro atoms. The zero-order valence-corrected chi connectivity index (χ0v) is 17.0. The summed E-state index contributed by atoms with van der Waals surface area (Å²) in [7, 11) is 1.80. The highest BCUT2D eigenvalue weighted by atomic mass is 16.6. The van der Waals surface area contributed by atoms with Crippen molar-refractivity contribution in [1.82, 2.24) is 14.9 Å². The van der Waals surface area contributed by atoms with Crippen LogP contribution < -0.4 is 4.74 Å². The maximum atomic E-state index is 12.3. The minimum atomic E-state index is -0.330. The van der Waals surface area contributed by atoms with Crippen molar-refractivity contribution in [2.24, 2.45) is 0 Å². The number of carbonyl (C=O) groups is 1. The van der Waals surface area contributed by atoms with Gasteiger partial charge in [0.15, 0.2) is 18.8 Å². The normalized spacial score (nSPS) is 18.0. The third-order valence-electron chi connectivity index (χ3n) is 5.96. The van der Waals surface area contributed by atoms with Crippen molar-refractivity contribution in [1.29, 1.82) is 0 Å². The first kappa shape index (κ1) is 19.7. The fraction of sp³-hybridized carbons (Fsp3) is 0.591. The van der Waals surface area contributed by atoms with Gasteiger partial charge in [-0.15, -0.1) is 0 Å². The van der Waals surface area contributed by atoms with E-state index in [2.05, 4.69) is 9.97 Å². The molecule has 0 aliphatic heterocycles. The van der Waals surface area contributed by atoms with Gasteiger partial charge < -0.3 is 18.8 Å². The van der Waals surface area contributed by atoms with Gasteiger partial charge >= 0.3 is 6.09 Å². The number of hydrogen-bond donors (Lipinski definition) is 0. The van der Waals surface area contributed by atoms with E-state index < -0.39 is 0 Å². The summed E-state index contributed by atoms with van der Waals surface area (Å²) in [5, 5.41) is 0. The molecule has 2 fully saturated rings. The van der Waals surface area contributed by atoms with E-state index in [1.54, 1.807) is 18.1 Å². The molecule has 29 heavy (non-hydrogen) atoms. The Balaban J connectivity index is 1.35. The predicted octanol–water partition coefficient (Wildman–Crippen LogP) is 4.96. The highest BCUT2D eigenvalue weighted by Crippen LogP contribution is 2.27. The lowest BCUT2D eigenvalue weighted by Crippen LogP contribution is -2.35. The minimum absolute atomic E-state index is 0.0350. The molecule has 0 unspecified atom stereocenters. The number of carbonyl (C=O) groups excluding carboxylic acids is 1. The van der Waals surface area contributed by atoms with Gasteiger partial charge in [0.1, 0.15) is 11.4 Å². The number of ether oxygens (including phenoxy) is 2. The molecule has 0 aromatic carbocycles. The monoisotopic (exact) mass is 399 g/mol. The molecular formula is C22H29N3O4. The van der Waals surface area contributed by atoms with Crippen LogP contribution in [-0.2, 0) is 11.3 Å². The Kier molecular flexibility index (Phi) is 6.32. The third kappa shape index (κ3) is 4.89. The Bertz CT molecular complexity index is 793.